The summed E-state index contributed by atoms with van der Waals surface area (Å²) in [5.74, 6) is 2.40. The van der Waals surface area contributed by atoms with E-state index in [0.29, 0.717) is 11.5 Å². The molecule has 0 saturated heterocycles. The lowest BCUT2D eigenvalue weighted by molar-refractivity contribution is 0.465. The molecule has 1 aromatic carbocycles. The second kappa shape index (κ2) is 8.05. The van der Waals surface area contributed by atoms with Crippen LogP contribution in [0.3, 0.4) is 0 Å². The lowest BCUT2D eigenvalue weighted by Crippen LogP contribution is -2.03. The summed E-state index contributed by atoms with van der Waals surface area (Å²) in [4.78, 5) is 13.5. The second-order valence-corrected chi connectivity index (χ2v) is 7.11. The molecule has 0 fully saturated rings. The first-order valence-electron chi connectivity index (χ1n) is 8.25. The van der Waals surface area contributed by atoms with Gasteiger partial charge < -0.3 is 16.2 Å². The Hall–Kier alpha value is -2.80. The van der Waals surface area contributed by atoms with E-state index in [4.69, 9.17) is 16.2 Å². The van der Waals surface area contributed by atoms with Gasteiger partial charge in [0.1, 0.15) is 0 Å². The Morgan fingerprint density at radius 3 is 2.50 bits per heavy atom. The number of nitrogens with zero attached hydrogens (tertiary/aromatic N) is 3. The molecule has 6 nitrogen and oxygen atoms in total. The van der Waals surface area contributed by atoms with E-state index in [1.165, 1.54) is 11.8 Å². The molecular weight excluding hydrogens is 346 g/mol. The lowest BCUT2D eigenvalue weighted by Gasteiger charge is -2.15. The largest absolute Gasteiger partial charge is 0.450 e. The maximum atomic E-state index is 5.97. The number of hydrogen-bond donors (Lipinski definition) is 2. The molecule has 3 rings (SSSR count). The summed E-state index contributed by atoms with van der Waals surface area (Å²) < 4.78 is 5.97. The van der Waals surface area contributed by atoms with Gasteiger partial charge in [-0.3, -0.25) is 4.98 Å². The minimum absolute atomic E-state index is 0.115. The van der Waals surface area contributed by atoms with Crippen LogP contribution < -0.4 is 16.2 Å². The first-order valence-corrected chi connectivity index (χ1v) is 9.24. The number of nitrogen functional groups attached to an aromatic ring is 2. The molecule has 2 heterocycles. The third-order valence-corrected chi connectivity index (χ3v) is 4.71. The van der Waals surface area contributed by atoms with E-state index < -0.39 is 0 Å². The van der Waals surface area contributed by atoms with E-state index in [9.17, 15) is 0 Å². The van der Waals surface area contributed by atoms with Gasteiger partial charge in [-0.1, -0.05) is 44.2 Å². The number of benzene rings is 1. The van der Waals surface area contributed by atoms with E-state index in [1.807, 2.05) is 30.5 Å². The third kappa shape index (κ3) is 4.43. The van der Waals surface area contributed by atoms with Crippen LogP contribution in [0.2, 0.25) is 0 Å². The maximum absolute atomic E-state index is 5.97. The van der Waals surface area contributed by atoms with Gasteiger partial charge >= 0.3 is 0 Å². The van der Waals surface area contributed by atoms with E-state index >= 15 is 0 Å². The van der Waals surface area contributed by atoms with Crippen molar-refractivity contribution in [2.75, 3.05) is 11.5 Å². The lowest BCUT2D eigenvalue weighted by atomic mass is 10.1. The molecule has 0 atom stereocenters. The summed E-state index contributed by atoms with van der Waals surface area (Å²) in [6.07, 6.45) is 3.35. The number of thioether (sulfide) groups is 1. The van der Waals surface area contributed by atoms with Crippen LogP contribution in [0.5, 0.6) is 11.5 Å². The molecule has 0 spiro atoms. The van der Waals surface area contributed by atoms with Gasteiger partial charge in [0.2, 0.25) is 5.95 Å². The quantitative estimate of drug-likeness (QED) is 0.628. The zero-order valence-corrected chi connectivity index (χ0v) is 15.5. The molecule has 7 heteroatoms. The fourth-order valence-corrected chi connectivity index (χ4v) is 3.21. The molecule has 0 bridgehead atoms. The maximum Gasteiger partial charge on any atom is 0.222 e. The van der Waals surface area contributed by atoms with Crippen molar-refractivity contribution in [1.82, 2.24) is 15.0 Å². The Morgan fingerprint density at radius 1 is 1.04 bits per heavy atom. The van der Waals surface area contributed by atoms with Gasteiger partial charge in [-0.15, -0.1) is 11.8 Å². The molecule has 0 aliphatic heterocycles. The van der Waals surface area contributed by atoms with E-state index in [0.717, 1.165) is 16.3 Å². The minimum Gasteiger partial charge on any atom is -0.450 e. The van der Waals surface area contributed by atoms with Gasteiger partial charge in [0.25, 0.3) is 0 Å². The highest BCUT2D eigenvalue weighted by Gasteiger charge is 2.14. The highest BCUT2D eigenvalue weighted by Crippen LogP contribution is 2.34. The third-order valence-electron chi connectivity index (χ3n) is 3.67. The van der Waals surface area contributed by atoms with Crippen molar-refractivity contribution in [2.24, 2.45) is 0 Å². The van der Waals surface area contributed by atoms with E-state index in [2.05, 4.69) is 40.9 Å². The van der Waals surface area contributed by atoms with Crippen molar-refractivity contribution in [2.45, 2.75) is 30.4 Å². The van der Waals surface area contributed by atoms with Crippen molar-refractivity contribution in [3.05, 3.63) is 60.0 Å². The van der Waals surface area contributed by atoms with Crippen LogP contribution in [-0.4, -0.2) is 15.0 Å². The summed E-state index contributed by atoms with van der Waals surface area (Å²) in [6, 6.07) is 12.3. The molecule has 0 amide bonds. The molecule has 0 aliphatic rings. The minimum atomic E-state index is 0.115. The van der Waals surface area contributed by atoms with Crippen molar-refractivity contribution in [3.63, 3.8) is 0 Å². The van der Waals surface area contributed by atoms with Crippen LogP contribution in [0.25, 0.3) is 0 Å². The predicted molar refractivity (Wildman–Crippen MR) is 105 cm³/mol. The summed E-state index contributed by atoms with van der Waals surface area (Å²) in [7, 11) is 0. The van der Waals surface area contributed by atoms with E-state index in [-0.39, 0.29) is 17.7 Å². The van der Waals surface area contributed by atoms with Crippen molar-refractivity contribution in [1.29, 1.82) is 0 Å². The molecule has 0 saturated carbocycles. The summed E-state index contributed by atoms with van der Waals surface area (Å²) in [5, 5.41) is 0. The Kier molecular flexibility index (Phi) is 5.58. The van der Waals surface area contributed by atoms with Crippen LogP contribution in [0.15, 0.2) is 53.7 Å². The average molecular weight is 367 g/mol. The predicted octanol–water partition coefficient (Wildman–Crippen LogP) is 4.24. The fourth-order valence-electron chi connectivity index (χ4n) is 2.37. The summed E-state index contributed by atoms with van der Waals surface area (Å²) in [6.45, 7) is 4.13. The number of anilines is 2. The Labute approximate surface area is 157 Å². The molecule has 3 aromatic rings. The number of ether oxygens (including phenoxy) is 1. The number of nitrogens with two attached hydrogens (primary N) is 2. The number of aromatic nitrogens is 3. The zero-order chi connectivity index (χ0) is 18.5. The zero-order valence-electron chi connectivity index (χ0n) is 14.7. The normalized spacial score (nSPS) is 10.9. The number of pyridine rings is 1. The average Bonchev–Trinajstić information content (AvgIpc) is 2.63. The van der Waals surface area contributed by atoms with Crippen LogP contribution in [0.4, 0.5) is 11.8 Å². The fraction of sp³-hybridized carbons (Fsp3) is 0.211. The smallest absolute Gasteiger partial charge is 0.222 e. The van der Waals surface area contributed by atoms with Gasteiger partial charge in [-0.2, -0.15) is 4.98 Å². The first kappa shape index (κ1) is 18.0. The SMILES string of the molecule is CC(C)c1ncc(SCc2ccccc2)cc1Oc1cnc(N)nc1N. The van der Waals surface area contributed by atoms with Crippen LogP contribution in [0.1, 0.15) is 31.0 Å². The van der Waals surface area contributed by atoms with Crippen LogP contribution in [-0.2, 0) is 5.75 Å². The summed E-state index contributed by atoms with van der Waals surface area (Å²) >= 11 is 1.70. The Morgan fingerprint density at radius 2 is 1.81 bits per heavy atom. The van der Waals surface area contributed by atoms with Crippen molar-refractivity contribution < 1.29 is 4.74 Å². The standard InChI is InChI=1S/C19H21N5OS/c1-12(2)17-15(25-16-10-23-19(21)24-18(16)20)8-14(9-22-17)26-11-13-6-4-3-5-7-13/h3-10,12H,11H2,1-2H3,(H4,20,21,23,24). The molecule has 134 valence electrons. The molecule has 0 aliphatic carbocycles. The van der Waals surface area contributed by atoms with Crippen molar-refractivity contribution in [3.8, 4) is 11.5 Å². The molecular formula is C19H21N5OS. The monoisotopic (exact) mass is 367 g/mol. The van der Waals surface area contributed by atoms with Gasteiger partial charge in [-0.25, -0.2) is 4.98 Å². The first-order chi connectivity index (χ1) is 12.5. The van der Waals surface area contributed by atoms with Crippen molar-refractivity contribution >= 4 is 23.5 Å². The Bertz CT molecular complexity index is 886. The van der Waals surface area contributed by atoms with Gasteiger partial charge in [0.15, 0.2) is 17.3 Å². The number of rotatable bonds is 6. The molecule has 0 radical (unpaired) electrons. The number of hydrogen-bond acceptors (Lipinski definition) is 7. The van der Waals surface area contributed by atoms with Crippen LogP contribution in [0, 0.1) is 0 Å². The summed E-state index contributed by atoms with van der Waals surface area (Å²) in [5.41, 5.74) is 13.5. The topological polar surface area (TPSA) is 99.9 Å². The highest BCUT2D eigenvalue weighted by atomic mass is 32.2. The molecule has 0 unspecified atom stereocenters. The second-order valence-electron chi connectivity index (χ2n) is 6.06. The van der Waals surface area contributed by atoms with Gasteiger partial charge in [0.05, 0.1) is 11.9 Å². The van der Waals surface area contributed by atoms with Gasteiger partial charge in [0, 0.05) is 16.8 Å². The Balaban J connectivity index is 1.84. The van der Waals surface area contributed by atoms with Gasteiger partial charge in [-0.05, 0) is 17.5 Å². The molecule has 26 heavy (non-hydrogen) atoms. The van der Waals surface area contributed by atoms with E-state index in [1.54, 1.807) is 11.8 Å². The van der Waals surface area contributed by atoms with Crippen LogP contribution >= 0.6 is 11.8 Å². The highest BCUT2D eigenvalue weighted by molar-refractivity contribution is 7.98. The molecule has 4 N–H and O–H groups in total. The molecule has 2 aromatic heterocycles.